The van der Waals surface area contributed by atoms with Gasteiger partial charge in [-0.1, -0.05) is 23.8 Å². The number of carbonyl (C=O) groups is 2. The Kier molecular flexibility index (Phi) is 3.81. The minimum absolute atomic E-state index is 0.0399. The zero-order valence-electron chi connectivity index (χ0n) is 12.6. The number of nitrogens with zero attached hydrogens (tertiary/aromatic N) is 1. The van der Waals surface area contributed by atoms with Crippen LogP contribution in [0.2, 0.25) is 0 Å². The molecule has 4 heteroatoms. The van der Waals surface area contributed by atoms with Gasteiger partial charge in [-0.05, 0) is 43.9 Å². The standard InChI is InChI=1S/C17H22N2O2/c1-11-3-4-14(12(2)7-11)15(10-20)17(21)19-9-13-5-6-18-8-16(13)19/h3-4,7,10,13,15-16,18H,5-6,8-9H2,1-2H3. The fourth-order valence-electron chi connectivity index (χ4n) is 3.60. The van der Waals surface area contributed by atoms with Crippen molar-refractivity contribution >= 4 is 12.2 Å². The summed E-state index contributed by atoms with van der Waals surface area (Å²) in [5, 5.41) is 3.33. The van der Waals surface area contributed by atoms with Crippen LogP contribution in [0.25, 0.3) is 0 Å². The minimum Gasteiger partial charge on any atom is -0.337 e. The molecule has 1 amide bonds. The summed E-state index contributed by atoms with van der Waals surface area (Å²) in [6.07, 6.45) is 1.92. The van der Waals surface area contributed by atoms with Gasteiger partial charge in [-0.15, -0.1) is 0 Å². The maximum absolute atomic E-state index is 12.7. The van der Waals surface area contributed by atoms with Crippen LogP contribution in [0.15, 0.2) is 18.2 Å². The molecule has 1 aromatic carbocycles. The Morgan fingerprint density at radius 1 is 1.43 bits per heavy atom. The van der Waals surface area contributed by atoms with E-state index in [1.165, 1.54) is 0 Å². The van der Waals surface area contributed by atoms with Gasteiger partial charge in [0, 0.05) is 19.1 Å². The lowest BCUT2D eigenvalue weighted by Crippen LogP contribution is -2.65. The molecular formula is C17H22N2O2. The van der Waals surface area contributed by atoms with Crippen LogP contribution < -0.4 is 5.32 Å². The second-order valence-electron chi connectivity index (χ2n) is 6.28. The molecule has 0 aromatic heterocycles. The van der Waals surface area contributed by atoms with Gasteiger partial charge in [0.2, 0.25) is 5.91 Å². The monoisotopic (exact) mass is 286 g/mol. The summed E-state index contributed by atoms with van der Waals surface area (Å²) >= 11 is 0. The van der Waals surface area contributed by atoms with Crippen LogP contribution >= 0.6 is 0 Å². The second kappa shape index (κ2) is 5.60. The Morgan fingerprint density at radius 3 is 2.90 bits per heavy atom. The molecule has 0 spiro atoms. The van der Waals surface area contributed by atoms with Crippen LogP contribution in [-0.2, 0) is 9.59 Å². The van der Waals surface area contributed by atoms with Crippen molar-refractivity contribution in [3.8, 4) is 0 Å². The Morgan fingerprint density at radius 2 is 2.24 bits per heavy atom. The van der Waals surface area contributed by atoms with Gasteiger partial charge < -0.3 is 15.0 Å². The van der Waals surface area contributed by atoms with Crippen molar-refractivity contribution in [2.75, 3.05) is 19.6 Å². The first-order chi connectivity index (χ1) is 10.1. The van der Waals surface area contributed by atoms with Crippen LogP contribution in [0.4, 0.5) is 0 Å². The predicted octanol–water partition coefficient (Wildman–Crippen LogP) is 1.41. The molecule has 0 bridgehead atoms. The summed E-state index contributed by atoms with van der Waals surface area (Å²) in [6.45, 7) is 6.68. The number of nitrogens with one attached hydrogen (secondary N) is 1. The maximum Gasteiger partial charge on any atom is 0.237 e. The number of hydrogen-bond donors (Lipinski definition) is 1. The van der Waals surface area contributed by atoms with Gasteiger partial charge >= 0.3 is 0 Å². The molecule has 3 atom stereocenters. The molecular weight excluding hydrogens is 264 g/mol. The minimum atomic E-state index is -0.659. The lowest BCUT2D eigenvalue weighted by Gasteiger charge is -2.51. The molecule has 1 N–H and O–H groups in total. The van der Waals surface area contributed by atoms with Crippen LogP contribution in [-0.4, -0.2) is 42.8 Å². The normalized spacial score (nSPS) is 25.7. The Hall–Kier alpha value is -1.68. The van der Waals surface area contributed by atoms with Crippen molar-refractivity contribution in [3.05, 3.63) is 34.9 Å². The number of likely N-dealkylation sites (tertiary alicyclic amines) is 1. The van der Waals surface area contributed by atoms with Gasteiger partial charge in [-0.2, -0.15) is 0 Å². The number of aryl methyl sites for hydroxylation is 2. The molecule has 2 aliphatic rings. The van der Waals surface area contributed by atoms with Gasteiger partial charge in [0.15, 0.2) is 0 Å². The molecule has 3 unspecified atom stereocenters. The summed E-state index contributed by atoms with van der Waals surface area (Å²) in [5.74, 6) is -0.0861. The summed E-state index contributed by atoms with van der Waals surface area (Å²) < 4.78 is 0. The SMILES string of the molecule is Cc1ccc(C(C=O)C(=O)N2CC3CCNCC32)c(C)c1. The van der Waals surface area contributed by atoms with E-state index in [1.54, 1.807) is 0 Å². The van der Waals surface area contributed by atoms with Crippen LogP contribution in [0.5, 0.6) is 0 Å². The molecule has 2 saturated heterocycles. The third kappa shape index (κ3) is 2.48. The number of carbonyl (C=O) groups excluding carboxylic acids is 2. The third-order valence-electron chi connectivity index (χ3n) is 4.87. The highest BCUT2D eigenvalue weighted by atomic mass is 16.2. The van der Waals surface area contributed by atoms with E-state index in [9.17, 15) is 9.59 Å². The topological polar surface area (TPSA) is 49.4 Å². The zero-order valence-corrected chi connectivity index (χ0v) is 12.6. The number of piperidine rings is 1. The number of amides is 1. The smallest absolute Gasteiger partial charge is 0.237 e. The molecule has 0 radical (unpaired) electrons. The van der Waals surface area contributed by atoms with Crippen LogP contribution in [0.1, 0.15) is 29.0 Å². The van der Waals surface area contributed by atoms with E-state index < -0.39 is 5.92 Å². The molecule has 0 aliphatic carbocycles. The molecule has 0 saturated carbocycles. The number of benzene rings is 1. The van der Waals surface area contributed by atoms with Gasteiger partial charge in [0.1, 0.15) is 12.2 Å². The maximum atomic E-state index is 12.7. The van der Waals surface area contributed by atoms with Crippen molar-refractivity contribution in [3.63, 3.8) is 0 Å². The zero-order chi connectivity index (χ0) is 15.0. The highest BCUT2D eigenvalue weighted by Crippen LogP contribution is 2.33. The molecule has 3 rings (SSSR count). The number of rotatable bonds is 3. The van der Waals surface area contributed by atoms with Crippen molar-refractivity contribution in [1.29, 1.82) is 0 Å². The predicted molar refractivity (Wildman–Crippen MR) is 81.2 cm³/mol. The van der Waals surface area contributed by atoms with E-state index >= 15 is 0 Å². The van der Waals surface area contributed by atoms with Crippen molar-refractivity contribution < 1.29 is 9.59 Å². The second-order valence-corrected chi connectivity index (χ2v) is 6.28. The summed E-state index contributed by atoms with van der Waals surface area (Å²) in [7, 11) is 0. The summed E-state index contributed by atoms with van der Waals surface area (Å²) in [6, 6.07) is 6.19. The molecule has 112 valence electrons. The molecule has 2 aliphatic heterocycles. The highest BCUT2D eigenvalue weighted by molar-refractivity contribution is 5.98. The number of hydrogen-bond acceptors (Lipinski definition) is 3. The largest absolute Gasteiger partial charge is 0.337 e. The summed E-state index contributed by atoms with van der Waals surface area (Å²) in [4.78, 5) is 26.1. The lowest BCUT2D eigenvalue weighted by molar-refractivity contribution is -0.147. The third-order valence-corrected chi connectivity index (χ3v) is 4.87. The first-order valence-corrected chi connectivity index (χ1v) is 7.65. The molecule has 4 nitrogen and oxygen atoms in total. The number of fused-ring (bicyclic) bond motifs is 1. The van der Waals surface area contributed by atoms with E-state index in [0.29, 0.717) is 5.92 Å². The summed E-state index contributed by atoms with van der Waals surface area (Å²) in [5.41, 5.74) is 3.00. The van der Waals surface area contributed by atoms with Gasteiger partial charge in [-0.3, -0.25) is 4.79 Å². The van der Waals surface area contributed by atoms with Crippen LogP contribution in [0.3, 0.4) is 0 Å². The fourth-order valence-corrected chi connectivity index (χ4v) is 3.60. The van der Waals surface area contributed by atoms with Crippen LogP contribution in [0, 0.1) is 19.8 Å². The van der Waals surface area contributed by atoms with Gasteiger partial charge in [0.25, 0.3) is 0 Å². The average molecular weight is 286 g/mol. The molecule has 1 aromatic rings. The van der Waals surface area contributed by atoms with Crippen molar-refractivity contribution in [2.24, 2.45) is 5.92 Å². The molecule has 21 heavy (non-hydrogen) atoms. The lowest BCUT2D eigenvalue weighted by atomic mass is 9.81. The highest BCUT2D eigenvalue weighted by Gasteiger charge is 2.44. The van der Waals surface area contributed by atoms with Crippen molar-refractivity contribution in [1.82, 2.24) is 10.2 Å². The number of aldehydes is 1. The first-order valence-electron chi connectivity index (χ1n) is 7.65. The Bertz CT molecular complexity index is 570. The van der Waals surface area contributed by atoms with Gasteiger partial charge in [0.05, 0.1) is 0 Å². The Balaban J connectivity index is 1.80. The molecule has 2 fully saturated rings. The van der Waals surface area contributed by atoms with E-state index in [0.717, 1.165) is 49.0 Å². The molecule has 2 heterocycles. The van der Waals surface area contributed by atoms with E-state index in [2.05, 4.69) is 5.32 Å². The average Bonchev–Trinajstić information content (AvgIpc) is 2.43. The van der Waals surface area contributed by atoms with E-state index in [1.807, 2.05) is 36.9 Å². The van der Waals surface area contributed by atoms with E-state index in [-0.39, 0.29) is 11.9 Å². The fraction of sp³-hybridized carbons (Fsp3) is 0.529. The van der Waals surface area contributed by atoms with Gasteiger partial charge in [-0.25, -0.2) is 0 Å². The quantitative estimate of drug-likeness (QED) is 0.675. The Labute approximate surface area is 125 Å². The van der Waals surface area contributed by atoms with E-state index in [4.69, 9.17) is 0 Å². The first kappa shape index (κ1) is 14.3. The van der Waals surface area contributed by atoms with Crippen molar-refractivity contribution in [2.45, 2.75) is 32.2 Å².